The number of allylic oxidation sites excluding steroid dienone is 1. The molecule has 0 aromatic carbocycles. The summed E-state index contributed by atoms with van der Waals surface area (Å²) >= 11 is 0. The summed E-state index contributed by atoms with van der Waals surface area (Å²) in [6, 6.07) is 0. The summed E-state index contributed by atoms with van der Waals surface area (Å²) < 4.78 is 11.4. The molecule has 0 radical (unpaired) electrons. The molecule has 0 aromatic rings. The predicted molar refractivity (Wildman–Crippen MR) is 167 cm³/mol. The molecular weight excluding hydrogens is 592 g/mol. The van der Waals surface area contributed by atoms with Crippen molar-refractivity contribution in [3.05, 3.63) is 11.6 Å². The molecule has 6 rings (SSSR count). The van der Waals surface area contributed by atoms with Crippen LogP contribution in [-0.2, 0) is 19.1 Å². The van der Waals surface area contributed by atoms with Crippen LogP contribution in [0.5, 0.6) is 0 Å². The number of carboxylic acid groups (broad SMARTS) is 1. The molecule has 1 heterocycles. The molecule has 5 fully saturated rings. The molecule has 46 heavy (non-hydrogen) atoms. The van der Waals surface area contributed by atoms with Crippen LogP contribution in [0.15, 0.2) is 11.6 Å². The summed E-state index contributed by atoms with van der Waals surface area (Å²) in [6.45, 7) is 12.5. The fourth-order valence-corrected chi connectivity index (χ4v) is 12.4. The Morgan fingerprint density at radius 2 is 1.59 bits per heavy atom. The molecule has 6 aliphatic rings. The number of aliphatic hydroxyl groups excluding tert-OH is 5. The Kier molecular flexibility index (Phi) is 8.38. The van der Waals surface area contributed by atoms with Crippen LogP contribution >= 0.6 is 0 Å². The Bertz CT molecular complexity index is 1260. The zero-order chi connectivity index (χ0) is 33.8. The van der Waals surface area contributed by atoms with Crippen molar-refractivity contribution in [2.24, 2.45) is 56.7 Å². The first-order valence-electron chi connectivity index (χ1n) is 17.6. The van der Waals surface area contributed by atoms with E-state index >= 15 is 0 Å². The fraction of sp³-hybridized carbons (Fsp3) is 0.889. The first kappa shape index (κ1) is 34.3. The van der Waals surface area contributed by atoms with Crippen LogP contribution in [0.4, 0.5) is 0 Å². The van der Waals surface area contributed by atoms with E-state index in [1.165, 1.54) is 0 Å². The van der Waals surface area contributed by atoms with Crippen LogP contribution in [0, 0.1) is 56.7 Å². The van der Waals surface area contributed by atoms with E-state index in [-0.39, 0.29) is 47.0 Å². The molecule has 0 unspecified atom stereocenters. The lowest BCUT2D eigenvalue weighted by Gasteiger charge is -2.70. The SMILES string of the molecule is C[C@H]1[C@H](C)CC[C@]2(C(=O)O[C@@H]3O[C@H](CO)[C@@H](O)[C@H](O)[C@H]3O)CC[C@]3(C(=O)O)C(=CC[C@@H]4[C@@]5(C)CC[C@H](O)C(C)(C)[C@@H]5CC[C@]43C)[C@@H]12. The minimum Gasteiger partial charge on any atom is -0.481 e. The van der Waals surface area contributed by atoms with Gasteiger partial charge in [0, 0.05) is 0 Å². The number of carbonyl (C=O) groups excluding carboxylic acids is 1. The number of aliphatic carboxylic acids is 1. The van der Waals surface area contributed by atoms with Gasteiger partial charge in [-0.25, -0.2) is 0 Å². The Hall–Kier alpha value is -1.56. The number of carbonyl (C=O) groups is 2. The molecule has 1 aliphatic heterocycles. The lowest BCUT2D eigenvalue weighted by molar-refractivity contribution is -0.297. The third kappa shape index (κ3) is 4.35. The average molecular weight is 649 g/mol. The van der Waals surface area contributed by atoms with E-state index in [1.54, 1.807) is 0 Å². The molecule has 15 atom stereocenters. The number of hydrogen-bond acceptors (Lipinski definition) is 9. The average Bonchev–Trinajstić information content (AvgIpc) is 3.00. The topological polar surface area (TPSA) is 174 Å². The molecular formula is C36H56O10. The smallest absolute Gasteiger partial charge is 0.315 e. The normalized spacial score (nSPS) is 53.0. The molecule has 10 nitrogen and oxygen atoms in total. The van der Waals surface area contributed by atoms with Crippen molar-refractivity contribution in [1.29, 1.82) is 0 Å². The summed E-state index contributed by atoms with van der Waals surface area (Å²) in [5.41, 5.74) is -2.32. The van der Waals surface area contributed by atoms with Gasteiger partial charge in [-0.2, -0.15) is 0 Å². The molecule has 0 aromatic heterocycles. The van der Waals surface area contributed by atoms with Crippen molar-refractivity contribution in [3.8, 4) is 0 Å². The van der Waals surface area contributed by atoms with E-state index in [1.807, 2.05) is 0 Å². The van der Waals surface area contributed by atoms with E-state index in [2.05, 4.69) is 47.6 Å². The van der Waals surface area contributed by atoms with E-state index in [4.69, 9.17) is 9.47 Å². The highest BCUT2D eigenvalue weighted by atomic mass is 16.7. The second-order valence-electron chi connectivity index (χ2n) is 17.2. The highest BCUT2D eigenvalue weighted by Crippen LogP contribution is 2.76. The summed E-state index contributed by atoms with van der Waals surface area (Å²) in [4.78, 5) is 28.4. The highest BCUT2D eigenvalue weighted by molar-refractivity contribution is 5.85. The Morgan fingerprint density at radius 3 is 2.24 bits per heavy atom. The number of ether oxygens (including phenoxy) is 2. The number of carboxylic acids is 1. The zero-order valence-corrected chi connectivity index (χ0v) is 28.3. The standard InChI is InChI=1S/C36H56O10/c1-18-9-14-35(31(44)46-29-28(41)27(40)26(39)21(17-37)45-29)15-16-36(30(42)43)20(25(35)19(18)2)7-8-23-33(5)12-11-24(38)32(3,4)22(33)10-13-34(23,36)6/h7,18-19,21-29,37-41H,8-17H2,1-6H3,(H,42,43)/t18-,19+,21-,22+,23-,24+,25-,26-,27+,28-,29+,33+,34-,35+,36-/m1/s1. The molecule has 10 heteroatoms. The third-order valence-corrected chi connectivity index (χ3v) is 15.3. The highest BCUT2D eigenvalue weighted by Gasteiger charge is 2.73. The molecule has 0 spiro atoms. The third-order valence-electron chi connectivity index (χ3n) is 15.3. The Morgan fingerprint density at radius 1 is 0.891 bits per heavy atom. The van der Waals surface area contributed by atoms with Gasteiger partial charge in [0.2, 0.25) is 6.29 Å². The minimum atomic E-state index is -1.71. The quantitative estimate of drug-likeness (QED) is 0.196. The molecule has 0 amide bonds. The van der Waals surface area contributed by atoms with Crippen molar-refractivity contribution in [2.45, 2.75) is 136 Å². The molecule has 0 bridgehead atoms. The van der Waals surface area contributed by atoms with Crippen LogP contribution in [0.2, 0.25) is 0 Å². The number of aliphatic hydroxyl groups is 5. The van der Waals surface area contributed by atoms with Gasteiger partial charge in [-0.05, 0) is 104 Å². The predicted octanol–water partition coefficient (Wildman–Crippen LogP) is 3.41. The van der Waals surface area contributed by atoms with Gasteiger partial charge in [-0.1, -0.05) is 53.2 Å². The maximum Gasteiger partial charge on any atom is 0.315 e. The number of fused-ring (bicyclic) bond motifs is 7. The lowest BCUT2D eigenvalue weighted by Crippen LogP contribution is -2.68. The molecule has 4 saturated carbocycles. The molecule has 1 saturated heterocycles. The van der Waals surface area contributed by atoms with Gasteiger partial charge < -0.3 is 40.1 Å². The Labute approximate surface area is 272 Å². The van der Waals surface area contributed by atoms with Crippen LogP contribution in [0.1, 0.15) is 99.3 Å². The molecule has 6 N–H and O–H groups in total. The largest absolute Gasteiger partial charge is 0.481 e. The van der Waals surface area contributed by atoms with E-state index in [0.717, 1.165) is 37.7 Å². The van der Waals surface area contributed by atoms with Gasteiger partial charge in [-0.3, -0.25) is 9.59 Å². The first-order valence-corrected chi connectivity index (χ1v) is 17.6. The van der Waals surface area contributed by atoms with Crippen LogP contribution in [0.25, 0.3) is 0 Å². The van der Waals surface area contributed by atoms with Crippen molar-refractivity contribution in [1.82, 2.24) is 0 Å². The number of hydrogen-bond donors (Lipinski definition) is 6. The van der Waals surface area contributed by atoms with E-state index < -0.39 is 71.4 Å². The van der Waals surface area contributed by atoms with Crippen LogP contribution < -0.4 is 0 Å². The van der Waals surface area contributed by atoms with Gasteiger partial charge >= 0.3 is 11.9 Å². The van der Waals surface area contributed by atoms with Crippen LogP contribution in [-0.4, -0.2) is 86.0 Å². The van der Waals surface area contributed by atoms with Gasteiger partial charge in [0.15, 0.2) is 0 Å². The number of rotatable bonds is 4. The monoisotopic (exact) mass is 648 g/mol. The zero-order valence-electron chi connectivity index (χ0n) is 28.3. The summed E-state index contributed by atoms with van der Waals surface area (Å²) in [7, 11) is 0. The van der Waals surface area contributed by atoms with Crippen molar-refractivity contribution < 1.29 is 49.7 Å². The van der Waals surface area contributed by atoms with Gasteiger partial charge in [0.05, 0.1) is 23.5 Å². The van der Waals surface area contributed by atoms with E-state index in [0.29, 0.717) is 19.3 Å². The van der Waals surface area contributed by atoms with Crippen LogP contribution in [0.3, 0.4) is 0 Å². The summed E-state index contributed by atoms with van der Waals surface area (Å²) in [6.07, 6.45) is -0.256. The fourth-order valence-electron chi connectivity index (χ4n) is 12.4. The lowest BCUT2D eigenvalue weighted by atomic mass is 9.33. The second kappa shape index (κ2) is 11.2. The summed E-state index contributed by atoms with van der Waals surface area (Å²) in [5.74, 6) is -1.22. The van der Waals surface area contributed by atoms with Gasteiger partial charge in [0.1, 0.15) is 24.4 Å². The van der Waals surface area contributed by atoms with E-state index in [9.17, 15) is 40.2 Å². The van der Waals surface area contributed by atoms with Gasteiger partial charge in [0.25, 0.3) is 0 Å². The maximum absolute atomic E-state index is 14.4. The van der Waals surface area contributed by atoms with Gasteiger partial charge in [-0.15, -0.1) is 0 Å². The van der Waals surface area contributed by atoms with Crippen molar-refractivity contribution in [2.75, 3.05) is 6.61 Å². The summed E-state index contributed by atoms with van der Waals surface area (Å²) in [5, 5.41) is 63.4. The number of esters is 1. The molecule has 260 valence electrons. The molecule has 5 aliphatic carbocycles. The second-order valence-corrected chi connectivity index (χ2v) is 17.2. The van der Waals surface area contributed by atoms with Crippen molar-refractivity contribution in [3.63, 3.8) is 0 Å². The Balaban J connectivity index is 1.41. The van der Waals surface area contributed by atoms with Crippen molar-refractivity contribution >= 4 is 11.9 Å². The first-order chi connectivity index (χ1) is 21.4. The minimum absolute atomic E-state index is 0.0165. The maximum atomic E-state index is 14.4.